The number of halogens is 3. The van der Waals surface area contributed by atoms with Crippen molar-refractivity contribution in [1.29, 1.82) is 0 Å². The lowest BCUT2D eigenvalue weighted by molar-refractivity contribution is -0.134. The molecular weight excluding hydrogens is 205 g/mol. The third-order valence-electron chi connectivity index (χ3n) is 3.21. The Morgan fingerprint density at radius 1 is 1.40 bits per heavy atom. The number of carbonyl (C=O) groups excluding carboxylic acids is 1. The molecule has 1 fully saturated rings. The Morgan fingerprint density at radius 3 is 2.27 bits per heavy atom. The average Bonchev–Trinajstić information content (AvgIpc) is 2.41. The number of hydrogen-bond donors (Lipinski definition) is 0. The van der Waals surface area contributed by atoms with Gasteiger partial charge in [0.05, 0.1) is 5.57 Å². The van der Waals surface area contributed by atoms with Crippen molar-refractivity contribution in [3.8, 4) is 0 Å². The molecule has 0 aromatic carbocycles. The number of allylic oxidation sites excluding steroid dienone is 1. The molecule has 0 aromatic heterocycles. The minimum Gasteiger partial charge on any atom is -0.294 e. The van der Waals surface area contributed by atoms with Crippen LogP contribution in [0.25, 0.3) is 0 Å². The van der Waals surface area contributed by atoms with E-state index in [0.29, 0.717) is 6.42 Å². The first kappa shape index (κ1) is 12.3. The molecule has 15 heavy (non-hydrogen) atoms. The summed E-state index contributed by atoms with van der Waals surface area (Å²) in [5.74, 6) is -1.35. The first-order valence-corrected chi connectivity index (χ1v) is 4.96. The maximum Gasteiger partial charge on any atom is 0.419 e. The van der Waals surface area contributed by atoms with Crippen LogP contribution in [0.5, 0.6) is 0 Å². The van der Waals surface area contributed by atoms with Crippen molar-refractivity contribution in [2.75, 3.05) is 0 Å². The Hall–Kier alpha value is -0.800. The Bertz CT molecular complexity index is 289. The molecule has 0 amide bonds. The maximum atomic E-state index is 12.3. The summed E-state index contributed by atoms with van der Waals surface area (Å²) in [6.45, 7) is 6.54. The van der Waals surface area contributed by atoms with E-state index in [9.17, 15) is 18.0 Å². The fraction of sp³-hybridized carbons (Fsp3) is 0.727. The molecule has 0 radical (unpaired) electrons. The molecule has 1 nitrogen and oxygen atoms in total. The van der Waals surface area contributed by atoms with Crippen molar-refractivity contribution in [2.24, 2.45) is 11.3 Å². The van der Waals surface area contributed by atoms with Crippen molar-refractivity contribution in [2.45, 2.75) is 39.3 Å². The standard InChI is InChI=1S/C11H15F3O/c1-7(11(12,13)14)9(15)8-5-4-6-10(8,2)3/h8H,1,4-6H2,2-3H3. The van der Waals surface area contributed by atoms with E-state index in [1.54, 1.807) is 0 Å². The second kappa shape index (κ2) is 3.65. The highest BCUT2D eigenvalue weighted by molar-refractivity contribution is 5.98. The van der Waals surface area contributed by atoms with Crippen LogP contribution in [0.1, 0.15) is 33.1 Å². The molecule has 0 N–H and O–H groups in total. The molecule has 1 rings (SSSR count). The van der Waals surface area contributed by atoms with Gasteiger partial charge in [0.2, 0.25) is 0 Å². The molecule has 0 heterocycles. The van der Waals surface area contributed by atoms with Crippen molar-refractivity contribution >= 4 is 5.78 Å². The van der Waals surface area contributed by atoms with E-state index in [1.807, 2.05) is 13.8 Å². The molecule has 4 heteroatoms. The average molecular weight is 220 g/mol. The Kier molecular flexibility index (Phi) is 2.99. The lowest BCUT2D eigenvalue weighted by atomic mass is 9.77. The van der Waals surface area contributed by atoms with Crippen LogP contribution in [-0.2, 0) is 4.79 Å². The second-order valence-electron chi connectivity index (χ2n) is 4.77. The molecule has 0 bridgehead atoms. The zero-order valence-electron chi connectivity index (χ0n) is 8.95. The Morgan fingerprint density at radius 2 is 1.93 bits per heavy atom. The second-order valence-corrected chi connectivity index (χ2v) is 4.77. The molecule has 86 valence electrons. The highest BCUT2D eigenvalue weighted by Crippen LogP contribution is 2.45. The van der Waals surface area contributed by atoms with Crippen molar-refractivity contribution in [3.05, 3.63) is 12.2 Å². The van der Waals surface area contributed by atoms with Crippen LogP contribution in [-0.4, -0.2) is 12.0 Å². The van der Waals surface area contributed by atoms with Crippen LogP contribution >= 0.6 is 0 Å². The number of carbonyl (C=O) groups is 1. The SMILES string of the molecule is C=C(C(=O)C1CCCC1(C)C)C(F)(F)F. The summed E-state index contributed by atoms with van der Waals surface area (Å²) in [5, 5.41) is 0. The summed E-state index contributed by atoms with van der Waals surface area (Å²) < 4.78 is 36.9. The number of alkyl halides is 3. The molecule has 0 aromatic rings. The van der Waals surface area contributed by atoms with E-state index < -0.39 is 23.5 Å². The molecule has 0 saturated heterocycles. The predicted molar refractivity (Wildman–Crippen MR) is 51.3 cm³/mol. The van der Waals surface area contributed by atoms with Crippen molar-refractivity contribution in [3.63, 3.8) is 0 Å². The van der Waals surface area contributed by atoms with Crippen molar-refractivity contribution in [1.82, 2.24) is 0 Å². The van der Waals surface area contributed by atoms with Crippen LogP contribution in [0.4, 0.5) is 13.2 Å². The number of rotatable bonds is 2. The summed E-state index contributed by atoms with van der Waals surface area (Å²) in [6, 6.07) is 0. The smallest absolute Gasteiger partial charge is 0.294 e. The van der Waals surface area contributed by atoms with Gasteiger partial charge in [-0.1, -0.05) is 26.8 Å². The van der Waals surface area contributed by atoms with Crippen LogP contribution < -0.4 is 0 Å². The van der Waals surface area contributed by atoms with Gasteiger partial charge in [-0.15, -0.1) is 0 Å². The summed E-state index contributed by atoms with van der Waals surface area (Å²) in [7, 11) is 0. The van der Waals surface area contributed by atoms with E-state index >= 15 is 0 Å². The zero-order valence-corrected chi connectivity index (χ0v) is 8.95. The van der Waals surface area contributed by atoms with Gasteiger partial charge in [0.25, 0.3) is 0 Å². The van der Waals surface area contributed by atoms with Crippen LogP contribution in [0.3, 0.4) is 0 Å². The van der Waals surface area contributed by atoms with E-state index in [4.69, 9.17) is 0 Å². The van der Waals surface area contributed by atoms with Crippen molar-refractivity contribution < 1.29 is 18.0 Å². The van der Waals surface area contributed by atoms with Gasteiger partial charge in [0.1, 0.15) is 0 Å². The quantitative estimate of drug-likeness (QED) is 0.651. The van der Waals surface area contributed by atoms with E-state index in [2.05, 4.69) is 6.58 Å². The van der Waals surface area contributed by atoms with E-state index in [-0.39, 0.29) is 5.41 Å². The molecule has 1 unspecified atom stereocenters. The third kappa shape index (κ3) is 2.41. The third-order valence-corrected chi connectivity index (χ3v) is 3.21. The molecule has 1 saturated carbocycles. The van der Waals surface area contributed by atoms with Gasteiger partial charge >= 0.3 is 6.18 Å². The number of Topliss-reactive ketones (excluding diaryl/α,β-unsaturated/α-hetero) is 1. The first-order valence-electron chi connectivity index (χ1n) is 4.96. The van der Waals surface area contributed by atoms with Gasteiger partial charge in [0, 0.05) is 5.92 Å². The van der Waals surface area contributed by atoms with Crippen LogP contribution in [0.2, 0.25) is 0 Å². The van der Waals surface area contributed by atoms with Gasteiger partial charge in [-0.3, -0.25) is 4.79 Å². The van der Waals surface area contributed by atoms with Gasteiger partial charge in [0.15, 0.2) is 5.78 Å². The molecule has 0 spiro atoms. The highest BCUT2D eigenvalue weighted by atomic mass is 19.4. The fourth-order valence-electron chi connectivity index (χ4n) is 2.16. The number of hydrogen-bond acceptors (Lipinski definition) is 1. The first-order chi connectivity index (χ1) is 6.66. The minimum atomic E-state index is -4.59. The lowest BCUT2D eigenvalue weighted by Crippen LogP contribution is -2.31. The Balaban J connectivity index is 2.82. The lowest BCUT2D eigenvalue weighted by Gasteiger charge is -2.26. The van der Waals surface area contributed by atoms with Gasteiger partial charge < -0.3 is 0 Å². The van der Waals surface area contributed by atoms with Crippen LogP contribution in [0, 0.1) is 11.3 Å². The van der Waals surface area contributed by atoms with Crippen LogP contribution in [0.15, 0.2) is 12.2 Å². The van der Waals surface area contributed by atoms with Gasteiger partial charge in [-0.2, -0.15) is 13.2 Å². The molecule has 0 aliphatic heterocycles. The Labute approximate surface area is 87.4 Å². The summed E-state index contributed by atoms with van der Waals surface area (Å²) >= 11 is 0. The minimum absolute atomic E-state index is 0.328. The normalized spacial score (nSPS) is 25.3. The van der Waals surface area contributed by atoms with Gasteiger partial charge in [-0.25, -0.2) is 0 Å². The fourth-order valence-corrected chi connectivity index (χ4v) is 2.16. The predicted octanol–water partition coefficient (Wildman–Crippen LogP) is 3.50. The largest absolute Gasteiger partial charge is 0.419 e. The van der Waals surface area contributed by atoms with E-state index in [1.165, 1.54) is 0 Å². The summed E-state index contributed by atoms with van der Waals surface area (Å²) in [5.41, 5.74) is -1.53. The molecule has 1 aliphatic rings. The monoisotopic (exact) mass is 220 g/mol. The number of ketones is 1. The zero-order chi connectivity index (χ0) is 11.9. The highest BCUT2D eigenvalue weighted by Gasteiger charge is 2.45. The summed E-state index contributed by atoms with van der Waals surface area (Å²) in [4.78, 5) is 11.6. The topological polar surface area (TPSA) is 17.1 Å². The van der Waals surface area contributed by atoms with E-state index in [0.717, 1.165) is 12.8 Å². The maximum absolute atomic E-state index is 12.3. The summed E-state index contributed by atoms with van der Waals surface area (Å²) in [6.07, 6.45) is -2.43. The molecular formula is C11H15F3O. The molecule has 1 aliphatic carbocycles. The molecule has 1 atom stereocenters. The van der Waals surface area contributed by atoms with Gasteiger partial charge in [-0.05, 0) is 18.3 Å².